The van der Waals surface area contributed by atoms with E-state index in [9.17, 15) is 13.2 Å². The first-order valence-electron chi connectivity index (χ1n) is 5.60. The highest BCUT2D eigenvalue weighted by Crippen LogP contribution is 2.24. The number of amides is 1. The van der Waals surface area contributed by atoms with Gasteiger partial charge in [0, 0.05) is 13.5 Å². The van der Waals surface area contributed by atoms with Crippen LogP contribution in [0.4, 0.5) is 0 Å². The van der Waals surface area contributed by atoms with Crippen LogP contribution in [-0.2, 0) is 14.6 Å². The number of rotatable bonds is 4. The van der Waals surface area contributed by atoms with Gasteiger partial charge < -0.3 is 4.90 Å². The minimum absolute atomic E-state index is 0.103. The fourth-order valence-corrected chi connectivity index (χ4v) is 2.96. The number of benzene rings is 1. The molecule has 0 radical (unpaired) electrons. The Bertz CT molecular complexity index is 524. The zero-order valence-corrected chi connectivity index (χ0v) is 11.6. The molecule has 1 amide bonds. The summed E-state index contributed by atoms with van der Waals surface area (Å²) in [6.45, 7) is 2.98. The average Bonchev–Trinajstić information content (AvgIpc) is 2.37. The van der Waals surface area contributed by atoms with E-state index in [1.165, 1.54) is 26.1 Å². The Morgan fingerprint density at radius 1 is 1.33 bits per heavy atom. The van der Waals surface area contributed by atoms with Gasteiger partial charge in [-0.15, -0.1) is 0 Å². The van der Waals surface area contributed by atoms with Crippen molar-refractivity contribution in [3.05, 3.63) is 30.3 Å². The van der Waals surface area contributed by atoms with E-state index in [-0.39, 0.29) is 17.2 Å². The van der Waals surface area contributed by atoms with Crippen LogP contribution in [-0.4, -0.2) is 31.3 Å². The second-order valence-electron chi connectivity index (χ2n) is 4.18. The molecule has 0 saturated carbocycles. The van der Waals surface area contributed by atoms with Crippen molar-refractivity contribution >= 4 is 15.7 Å². The van der Waals surface area contributed by atoms with Crippen LogP contribution in [0.3, 0.4) is 0 Å². The number of nitrogens with two attached hydrogens (primary N) is 1. The Kier molecular flexibility index (Phi) is 4.13. The summed E-state index contributed by atoms with van der Waals surface area (Å²) >= 11 is 0. The van der Waals surface area contributed by atoms with Crippen molar-refractivity contribution in [2.45, 2.75) is 30.2 Å². The third-order valence-corrected chi connectivity index (χ3v) is 5.19. The fourth-order valence-electron chi connectivity index (χ4n) is 1.50. The monoisotopic (exact) mass is 270 g/mol. The number of hydrogen-bond donors (Lipinski definition) is 1. The first-order valence-corrected chi connectivity index (χ1v) is 7.08. The van der Waals surface area contributed by atoms with Gasteiger partial charge >= 0.3 is 0 Å². The molecule has 6 heteroatoms. The van der Waals surface area contributed by atoms with Crippen LogP contribution in [0.5, 0.6) is 0 Å². The third kappa shape index (κ3) is 2.39. The summed E-state index contributed by atoms with van der Waals surface area (Å²) in [6.07, 6.45) is 0.202. The number of carbonyl (C=O) groups is 1. The van der Waals surface area contributed by atoms with E-state index >= 15 is 0 Å². The summed E-state index contributed by atoms with van der Waals surface area (Å²) in [7, 11) is -2.41. The fraction of sp³-hybridized carbons (Fsp3) is 0.417. The highest BCUT2D eigenvalue weighted by atomic mass is 32.2. The molecule has 1 unspecified atom stereocenters. The van der Waals surface area contributed by atoms with Crippen LogP contribution in [0.1, 0.15) is 20.3 Å². The summed E-state index contributed by atoms with van der Waals surface area (Å²) < 4.78 is 24.8. The number of hydrogen-bond acceptors (Lipinski definition) is 4. The Labute approximate surface area is 108 Å². The molecule has 0 fully saturated rings. The molecule has 0 spiro atoms. The van der Waals surface area contributed by atoms with Gasteiger partial charge in [0.1, 0.15) is 0 Å². The lowest BCUT2D eigenvalue weighted by Gasteiger charge is -2.34. The largest absolute Gasteiger partial charge is 0.314 e. The summed E-state index contributed by atoms with van der Waals surface area (Å²) in [6, 6.07) is 7.87. The van der Waals surface area contributed by atoms with Crippen LogP contribution in [0.2, 0.25) is 0 Å². The van der Waals surface area contributed by atoms with Crippen LogP contribution in [0.25, 0.3) is 0 Å². The second-order valence-corrected chi connectivity index (χ2v) is 6.48. The smallest absolute Gasteiger partial charge is 0.224 e. The van der Waals surface area contributed by atoms with Crippen molar-refractivity contribution < 1.29 is 13.2 Å². The molecule has 5 nitrogen and oxygen atoms in total. The van der Waals surface area contributed by atoms with Gasteiger partial charge in [-0.2, -0.15) is 0 Å². The van der Waals surface area contributed by atoms with Crippen molar-refractivity contribution in [1.29, 1.82) is 0 Å². The van der Waals surface area contributed by atoms with Gasteiger partial charge in [0.05, 0.1) is 4.90 Å². The zero-order valence-electron chi connectivity index (χ0n) is 10.8. The maximum absolute atomic E-state index is 12.4. The predicted molar refractivity (Wildman–Crippen MR) is 69.3 cm³/mol. The van der Waals surface area contributed by atoms with Crippen molar-refractivity contribution in [2.24, 2.45) is 5.73 Å². The molecule has 0 heterocycles. The first-order chi connectivity index (χ1) is 8.25. The number of carbonyl (C=O) groups excluding carboxylic acids is 1. The molecular weight excluding hydrogens is 252 g/mol. The molecule has 100 valence electrons. The van der Waals surface area contributed by atoms with Crippen LogP contribution >= 0.6 is 0 Å². The van der Waals surface area contributed by atoms with Crippen molar-refractivity contribution in [2.75, 3.05) is 7.05 Å². The lowest BCUT2D eigenvalue weighted by molar-refractivity contribution is -0.132. The summed E-state index contributed by atoms with van der Waals surface area (Å²) in [5, 5.41) is 0. The SMILES string of the molecule is CCC(=O)N(C)C(C)(N)S(=O)(=O)c1ccccc1. The molecule has 0 bridgehead atoms. The van der Waals surface area contributed by atoms with Crippen LogP contribution < -0.4 is 5.73 Å². The van der Waals surface area contributed by atoms with E-state index in [0.29, 0.717) is 0 Å². The Morgan fingerprint density at radius 2 is 1.83 bits per heavy atom. The Morgan fingerprint density at radius 3 is 2.28 bits per heavy atom. The molecule has 0 saturated heterocycles. The predicted octanol–water partition coefficient (Wildman–Crippen LogP) is 0.961. The molecule has 1 aromatic rings. The minimum Gasteiger partial charge on any atom is -0.314 e. The molecule has 1 aromatic carbocycles. The van der Waals surface area contributed by atoms with E-state index in [0.717, 1.165) is 4.90 Å². The first kappa shape index (κ1) is 14.7. The third-order valence-electron chi connectivity index (χ3n) is 2.94. The average molecular weight is 270 g/mol. The van der Waals surface area contributed by atoms with Crippen molar-refractivity contribution in [3.8, 4) is 0 Å². The van der Waals surface area contributed by atoms with Crippen molar-refractivity contribution in [1.82, 2.24) is 4.90 Å². The molecule has 1 atom stereocenters. The maximum Gasteiger partial charge on any atom is 0.224 e. The Hall–Kier alpha value is -1.40. The summed E-state index contributed by atoms with van der Waals surface area (Å²) in [5.74, 6) is -0.320. The molecule has 0 aliphatic carbocycles. The summed E-state index contributed by atoms with van der Waals surface area (Å²) in [4.78, 5) is 11.0. The quantitative estimate of drug-likeness (QED) is 0.826. The normalized spacial score (nSPS) is 14.9. The second kappa shape index (κ2) is 5.07. The number of sulfone groups is 1. The van der Waals surface area contributed by atoms with Crippen molar-refractivity contribution in [3.63, 3.8) is 0 Å². The van der Waals surface area contributed by atoms with Gasteiger partial charge in [0.25, 0.3) is 0 Å². The molecule has 0 aromatic heterocycles. The molecule has 18 heavy (non-hydrogen) atoms. The van der Waals surface area contributed by atoms with Gasteiger partial charge in [-0.3, -0.25) is 10.5 Å². The van der Waals surface area contributed by atoms with E-state index in [2.05, 4.69) is 0 Å². The molecular formula is C12H18N2O3S. The molecule has 0 aliphatic rings. The Balaban J connectivity index is 3.23. The zero-order chi connectivity index (χ0) is 14.0. The minimum atomic E-state index is -3.81. The summed E-state index contributed by atoms with van der Waals surface area (Å²) in [5.41, 5.74) is 5.86. The van der Waals surface area contributed by atoms with Gasteiger partial charge in [-0.1, -0.05) is 25.1 Å². The molecule has 0 aliphatic heterocycles. The highest BCUT2D eigenvalue weighted by molar-refractivity contribution is 7.92. The molecule has 2 N–H and O–H groups in total. The standard InChI is InChI=1S/C12H18N2O3S/c1-4-11(15)14(3)12(2,13)18(16,17)10-8-6-5-7-9-10/h5-9H,4,13H2,1-3H3. The van der Waals surface area contributed by atoms with Gasteiger partial charge in [0.2, 0.25) is 15.7 Å². The lowest BCUT2D eigenvalue weighted by atomic mass is 10.4. The topological polar surface area (TPSA) is 80.5 Å². The highest BCUT2D eigenvalue weighted by Gasteiger charge is 2.42. The van der Waals surface area contributed by atoms with Gasteiger partial charge in [0.15, 0.2) is 4.99 Å². The van der Waals surface area contributed by atoms with E-state index in [4.69, 9.17) is 5.73 Å². The van der Waals surface area contributed by atoms with Gasteiger partial charge in [-0.25, -0.2) is 8.42 Å². The maximum atomic E-state index is 12.4. The van der Waals surface area contributed by atoms with E-state index < -0.39 is 14.8 Å². The number of nitrogens with zero attached hydrogens (tertiary/aromatic N) is 1. The van der Waals surface area contributed by atoms with Crippen LogP contribution in [0, 0.1) is 0 Å². The van der Waals surface area contributed by atoms with Gasteiger partial charge in [-0.05, 0) is 19.1 Å². The van der Waals surface area contributed by atoms with Crippen LogP contribution in [0.15, 0.2) is 35.2 Å². The van der Waals surface area contributed by atoms with E-state index in [1.54, 1.807) is 25.1 Å². The molecule has 1 rings (SSSR count). The van der Waals surface area contributed by atoms with E-state index in [1.807, 2.05) is 0 Å². The lowest BCUT2D eigenvalue weighted by Crippen LogP contribution is -2.59.